The van der Waals surface area contributed by atoms with Crippen LogP contribution in [0.4, 0.5) is 0 Å². The number of hydrogen-bond acceptors (Lipinski definition) is 1. The van der Waals surface area contributed by atoms with Gasteiger partial charge in [-0.3, -0.25) is 0 Å². The SMILES string of the molecule is C[Si](C)(C)O[Si](C)(C)C#CI. The molecule has 0 spiro atoms. The molecular formula is C7H15IOSi2. The first-order valence-electron chi connectivity index (χ1n) is 3.60. The second-order valence-corrected chi connectivity index (χ2v) is 12.8. The molecule has 0 aliphatic carbocycles. The van der Waals surface area contributed by atoms with Crippen LogP contribution in [-0.4, -0.2) is 16.6 Å². The van der Waals surface area contributed by atoms with Gasteiger partial charge in [0.05, 0.1) is 0 Å². The molecule has 0 aliphatic rings. The van der Waals surface area contributed by atoms with Crippen molar-refractivity contribution in [3.8, 4) is 9.47 Å². The summed E-state index contributed by atoms with van der Waals surface area (Å²) in [6.07, 6.45) is 0. The Balaban J connectivity index is 4.21. The monoisotopic (exact) mass is 298 g/mol. The third-order valence-corrected chi connectivity index (χ3v) is 6.91. The van der Waals surface area contributed by atoms with Crippen molar-refractivity contribution < 1.29 is 4.12 Å². The van der Waals surface area contributed by atoms with E-state index in [1.807, 2.05) is 0 Å². The summed E-state index contributed by atoms with van der Waals surface area (Å²) < 4.78 is 8.87. The van der Waals surface area contributed by atoms with E-state index in [-0.39, 0.29) is 0 Å². The van der Waals surface area contributed by atoms with Gasteiger partial charge in [0.25, 0.3) is 8.32 Å². The van der Waals surface area contributed by atoms with Crippen molar-refractivity contribution in [2.75, 3.05) is 0 Å². The topological polar surface area (TPSA) is 9.23 Å². The first-order valence-corrected chi connectivity index (χ1v) is 11.0. The van der Waals surface area contributed by atoms with Crippen LogP contribution in [0.5, 0.6) is 0 Å². The molecule has 0 rings (SSSR count). The Morgan fingerprint density at radius 2 is 1.55 bits per heavy atom. The van der Waals surface area contributed by atoms with Crippen LogP contribution in [0.15, 0.2) is 0 Å². The molecule has 0 aromatic carbocycles. The van der Waals surface area contributed by atoms with Gasteiger partial charge in [-0.1, -0.05) is 5.54 Å². The highest BCUT2D eigenvalue weighted by molar-refractivity contribution is 14.1. The van der Waals surface area contributed by atoms with Crippen LogP contribution < -0.4 is 0 Å². The molecule has 0 amide bonds. The molecule has 0 bridgehead atoms. The average molecular weight is 298 g/mol. The molecule has 11 heavy (non-hydrogen) atoms. The third-order valence-electron chi connectivity index (χ3n) is 0.910. The molecule has 0 fully saturated rings. The van der Waals surface area contributed by atoms with E-state index in [0.29, 0.717) is 0 Å². The molecule has 0 saturated carbocycles. The Bertz CT molecular complexity index is 185. The van der Waals surface area contributed by atoms with E-state index in [0.717, 1.165) is 0 Å². The summed E-state index contributed by atoms with van der Waals surface area (Å²) in [5, 5.41) is 0. The standard InChI is InChI=1S/C7H15IOSi2/c1-10(2,3)9-11(4,5)7-6-8/h1-5H3. The van der Waals surface area contributed by atoms with E-state index < -0.39 is 16.6 Å². The molecule has 0 aromatic heterocycles. The van der Waals surface area contributed by atoms with Gasteiger partial charge in [0, 0.05) is 22.6 Å². The highest BCUT2D eigenvalue weighted by atomic mass is 127. The largest absolute Gasteiger partial charge is 0.447 e. The fourth-order valence-corrected chi connectivity index (χ4v) is 9.41. The highest BCUT2D eigenvalue weighted by Gasteiger charge is 2.27. The Morgan fingerprint density at radius 3 is 1.82 bits per heavy atom. The molecule has 4 heteroatoms. The fourth-order valence-electron chi connectivity index (χ4n) is 0.905. The predicted octanol–water partition coefficient (Wildman–Crippen LogP) is 2.98. The normalized spacial score (nSPS) is 12.2. The Hall–Kier alpha value is 0.684. The lowest BCUT2D eigenvalue weighted by Crippen LogP contribution is -2.41. The Labute approximate surface area is 85.3 Å². The van der Waals surface area contributed by atoms with Gasteiger partial charge in [-0.25, -0.2) is 0 Å². The van der Waals surface area contributed by atoms with Gasteiger partial charge in [0.2, 0.25) is 0 Å². The van der Waals surface area contributed by atoms with Crippen molar-refractivity contribution in [2.24, 2.45) is 0 Å². The maximum absolute atomic E-state index is 5.96. The molecule has 0 N–H and O–H groups in total. The lowest BCUT2D eigenvalue weighted by molar-refractivity contribution is 0.567. The molecule has 0 aliphatic heterocycles. The van der Waals surface area contributed by atoms with Gasteiger partial charge in [0.1, 0.15) is 0 Å². The van der Waals surface area contributed by atoms with E-state index in [4.69, 9.17) is 4.12 Å². The second kappa shape index (κ2) is 4.07. The second-order valence-electron chi connectivity index (χ2n) is 3.94. The summed E-state index contributed by atoms with van der Waals surface area (Å²) in [7, 11) is -3.02. The molecule has 1 nitrogen and oxygen atoms in total. The van der Waals surface area contributed by atoms with Crippen LogP contribution in [-0.2, 0) is 4.12 Å². The maximum atomic E-state index is 5.96. The minimum atomic E-state index is -1.65. The predicted molar refractivity (Wildman–Crippen MR) is 63.7 cm³/mol. The molecule has 0 radical (unpaired) electrons. The zero-order valence-corrected chi connectivity index (χ0v) is 11.9. The number of hydrogen-bond donors (Lipinski definition) is 0. The lowest BCUT2D eigenvalue weighted by Gasteiger charge is -2.26. The van der Waals surface area contributed by atoms with Crippen LogP contribution in [0.3, 0.4) is 0 Å². The maximum Gasteiger partial charge on any atom is 0.256 e. The van der Waals surface area contributed by atoms with Crippen molar-refractivity contribution in [3.05, 3.63) is 0 Å². The average Bonchev–Trinajstić information content (AvgIpc) is 1.55. The third kappa shape index (κ3) is 7.06. The van der Waals surface area contributed by atoms with Crippen LogP contribution in [0.25, 0.3) is 0 Å². The van der Waals surface area contributed by atoms with E-state index in [1.165, 1.54) is 0 Å². The molecule has 0 saturated heterocycles. The van der Waals surface area contributed by atoms with Gasteiger partial charge >= 0.3 is 0 Å². The molecule has 0 heterocycles. The zero-order valence-electron chi connectivity index (χ0n) is 7.79. The lowest BCUT2D eigenvalue weighted by atomic mass is 11.4. The molecular weight excluding hydrogens is 283 g/mol. The van der Waals surface area contributed by atoms with Gasteiger partial charge in [-0.2, -0.15) is 0 Å². The molecule has 64 valence electrons. The van der Waals surface area contributed by atoms with Gasteiger partial charge in [-0.15, -0.1) is 0 Å². The van der Waals surface area contributed by atoms with E-state index in [9.17, 15) is 0 Å². The van der Waals surface area contributed by atoms with Gasteiger partial charge in [-0.05, 0) is 36.7 Å². The van der Waals surface area contributed by atoms with E-state index in [2.05, 4.69) is 64.8 Å². The zero-order chi connectivity index (χ0) is 9.12. The van der Waals surface area contributed by atoms with E-state index >= 15 is 0 Å². The van der Waals surface area contributed by atoms with Crippen LogP contribution >= 0.6 is 22.6 Å². The number of halogens is 1. The summed E-state index contributed by atoms with van der Waals surface area (Å²) in [4.78, 5) is 0. The van der Waals surface area contributed by atoms with Crippen LogP contribution in [0, 0.1) is 9.47 Å². The van der Waals surface area contributed by atoms with Crippen molar-refractivity contribution in [3.63, 3.8) is 0 Å². The minimum absolute atomic E-state index is 1.37. The van der Waals surface area contributed by atoms with Crippen molar-refractivity contribution in [1.82, 2.24) is 0 Å². The summed E-state index contributed by atoms with van der Waals surface area (Å²) >= 11 is 2.07. The Kier molecular flexibility index (Phi) is 4.33. The summed E-state index contributed by atoms with van der Waals surface area (Å²) in [6.45, 7) is 10.9. The van der Waals surface area contributed by atoms with Crippen molar-refractivity contribution in [2.45, 2.75) is 32.7 Å². The fraction of sp³-hybridized carbons (Fsp3) is 0.714. The van der Waals surface area contributed by atoms with Crippen LogP contribution in [0.2, 0.25) is 32.7 Å². The smallest absolute Gasteiger partial charge is 0.256 e. The van der Waals surface area contributed by atoms with E-state index in [1.54, 1.807) is 0 Å². The minimum Gasteiger partial charge on any atom is -0.447 e. The summed E-state index contributed by atoms with van der Waals surface area (Å²) in [5.41, 5.74) is 3.17. The Morgan fingerprint density at radius 1 is 1.09 bits per heavy atom. The number of rotatable bonds is 2. The van der Waals surface area contributed by atoms with Gasteiger partial charge < -0.3 is 4.12 Å². The van der Waals surface area contributed by atoms with Crippen LogP contribution in [0.1, 0.15) is 0 Å². The molecule has 0 atom stereocenters. The first-order chi connectivity index (χ1) is 4.77. The quantitative estimate of drug-likeness (QED) is 0.433. The molecule has 0 aromatic rings. The summed E-state index contributed by atoms with van der Waals surface area (Å²) in [5.74, 6) is 0. The van der Waals surface area contributed by atoms with Gasteiger partial charge in [0.15, 0.2) is 8.32 Å². The van der Waals surface area contributed by atoms with Crippen molar-refractivity contribution in [1.29, 1.82) is 0 Å². The highest BCUT2D eigenvalue weighted by Crippen LogP contribution is 2.12. The molecule has 0 unspecified atom stereocenters. The first kappa shape index (κ1) is 11.7. The summed E-state index contributed by atoms with van der Waals surface area (Å²) in [6, 6.07) is 0. The van der Waals surface area contributed by atoms with Crippen molar-refractivity contribution >= 4 is 39.2 Å².